The number of thiol groups is 1. The van der Waals surface area contributed by atoms with Crippen LogP contribution in [0.3, 0.4) is 0 Å². The lowest BCUT2D eigenvalue weighted by molar-refractivity contribution is 0.0589. The van der Waals surface area contributed by atoms with Gasteiger partial charge in [0, 0.05) is 6.07 Å². The zero-order valence-electron chi connectivity index (χ0n) is 5.90. The van der Waals surface area contributed by atoms with Crippen molar-refractivity contribution in [2.75, 3.05) is 7.11 Å². The van der Waals surface area contributed by atoms with Gasteiger partial charge in [-0.25, -0.2) is 4.79 Å². The molecule has 0 saturated heterocycles. The maximum absolute atomic E-state index is 10.8. The third-order valence-electron chi connectivity index (χ3n) is 1.11. The molecule has 0 aliphatic rings. The smallest absolute Gasteiger partial charge is 0.360 e. The quantitative estimate of drug-likeness (QED) is 0.533. The fourth-order valence-electron chi connectivity index (χ4n) is 0.588. The van der Waals surface area contributed by atoms with Crippen LogP contribution < -0.4 is 0 Å². The molecule has 0 amide bonds. The van der Waals surface area contributed by atoms with Crippen molar-refractivity contribution in [3.63, 3.8) is 0 Å². The average Bonchev–Trinajstić information content (AvgIpc) is 2.50. The predicted molar refractivity (Wildman–Crippen MR) is 40.5 cm³/mol. The van der Waals surface area contributed by atoms with Gasteiger partial charge in [0.2, 0.25) is 0 Å². The second kappa shape index (κ2) is 3.43. The van der Waals surface area contributed by atoms with Crippen LogP contribution in [0.4, 0.5) is 0 Å². The van der Waals surface area contributed by atoms with Crippen molar-refractivity contribution in [1.29, 1.82) is 0 Å². The molecule has 0 atom stereocenters. The molecule has 5 heteroatoms. The molecule has 1 aromatic rings. The summed E-state index contributed by atoms with van der Waals surface area (Å²) in [6.45, 7) is 0. The largest absolute Gasteiger partial charge is 0.464 e. The molecule has 1 aromatic heterocycles. The number of nitrogens with zero attached hydrogens (tertiary/aromatic N) is 1. The monoisotopic (exact) mass is 173 g/mol. The van der Waals surface area contributed by atoms with E-state index in [2.05, 4.69) is 22.5 Å². The Morgan fingerprint density at radius 2 is 2.64 bits per heavy atom. The molecule has 0 saturated carbocycles. The number of hydrogen-bond acceptors (Lipinski definition) is 5. The Morgan fingerprint density at radius 3 is 3.09 bits per heavy atom. The summed E-state index contributed by atoms with van der Waals surface area (Å²) < 4.78 is 9.12. The van der Waals surface area contributed by atoms with Gasteiger partial charge in [0.25, 0.3) is 0 Å². The van der Waals surface area contributed by atoms with Crippen LogP contribution in [0.1, 0.15) is 16.2 Å². The fraction of sp³-hybridized carbons (Fsp3) is 0.333. The topological polar surface area (TPSA) is 52.3 Å². The van der Waals surface area contributed by atoms with E-state index in [-0.39, 0.29) is 5.69 Å². The van der Waals surface area contributed by atoms with E-state index in [0.29, 0.717) is 11.5 Å². The average molecular weight is 173 g/mol. The van der Waals surface area contributed by atoms with Gasteiger partial charge >= 0.3 is 5.97 Å². The summed E-state index contributed by atoms with van der Waals surface area (Å²) in [4.78, 5) is 10.8. The Hall–Kier alpha value is -0.970. The summed E-state index contributed by atoms with van der Waals surface area (Å²) in [5, 5.41) is 3.46. The second-order valence-electron chi connectivity index (χ2n) is 1.83. The highest BCUT2D eigenvalue weighted by atomic mass is 32.1. The maximum Gasteiger partial charge on any atom is 0.360 e. The van der Waals surface area contributed by atoms with Crippen LogP contribution >= 0.6 is 12.6 Å². The van der Waals surface area contributed by atoms with Gasteiger partial charge in [0.05, 0.1) is 12.9 Å². The Labute approximate surface area is 68.9 Å². The predicted octanol–water partition coefficient (Wildman–Crippen LogP) is 0.891. The molecular formula is C6H7NO3S. The Morgan fingerprint density at radius 1 is 1.91 bits per heavy atom. The number of hydrogen-bond donors (Lipinski definition) is 1. The summed E-state index contributed by atoms with van der Waals surface area (Å²) >= 11 is 3.94. The number of esters is 1. The standard InChI is InChI=1S/C6H7NO3S/c1-9-6(8)5-2-4(3-11)10-7-5/h2,11H,3H2,1H3. The fourth-order valence-corrected chi connectivity index (χ4v) is 0.737. The summed E-state index contributed by atoms with van der Waals surface area (Å²) in [6, 6.07) is 1.50. The minimum Gasteiger partial charge on any atom is -0.464 e. The van der Waals surface area contributed by atoms with Gasteiger partial charge in [-0.2, -0.15) is 12.6 Å². The van der Waals surface area contributed by atoms with Crippen LogP contribution in [0.2, 0.25) is 0 Å². The molecule has 0 unspecified atom stereocenters. The molecule has 0 aliphatic carbocycles. The van der Waals surface area contributed by atoms with Crippen LogP contribution in [-0.4, -0.2) is 18.2 Å². The van der Waals surface area contributed by atoms with Crippen molar-refractivity contribution >= 4 is 18.6 Å². The summed E-state index contributed by atoms with van der Waals surface area (Å²) in [6.07, 6.45) is 0. The van der Waals surface area contributed by atoms with Crippen molar-refractivity contribution < 1.29 is 14.1 Å². The molecule has 0 aliphatic heterocycles. The van der Waals surface area contributed by atoms with Gasteiger partial charge in [0.1, 0.15) is 5.76 Å². The molecule has 0 bridgehead atoms. The zero-order valence-corrected chi connectivity index (χ0v) is 6.80. The van der Waals surface area contributed by atoms with E-state index in [9.17, 15) is 4.79 Å². The first-order chi connectivity index (χ1) is 5.27. The van der Waals surface area contributed by atoms with Crippen molar-refractivity contribution in [2.24, 2.45) is 0 Å². The van der Waals surface area contributed by atoms with Gasteiger partial charge < -0.3 is 9.26 Å². The SMILES string of the molecule is COC(=O)c1cc(CS)on1. The lowest BCUT2D eigenvalue weighted by Gasteiger charge is -1.88. The summed E-state index contributed by atoms with van der Waals surface area (Å²) in [7, 11) is 1.29. The molecule has 1 rings (SSSR count). The first-order valence-electron chi connectivity index (χ1n) is 2.92. The third kappa shape index (κ3) is 1.74. The van der Waals surface area contributed by atoms with Gasteiger partial charge in [0.15, 0.2) is 5.69 Å². The summed E-state index contributed by atoms with van der Waals surface area (Å²) in [5.41, 5.74) is 0.177. The van der Waals surface area contributed by atoms with Crippen molar-refractivity contribution in [3.8, 4) is 0 Å². The number of aromatic nitrogens is 1. The highest BCUT2D eigenvalue weighted by Crippen LogP contribution is 2.06. The second-order valence-corrected chi connectivity index (χ2v) is 2.14. The molecular weight excluding hydrogens is 166 g/mol. The van der Waals surface area contributed by atoms with Crippen LogP contribution in [0.15, 0.2) is 10.6 Å². The normalized spacial score (nSPS) is 9.64. The Bertz CT molecular complexity index is 258. The van der Waals surface area contributed by atoms with E-state index < -0.39 is 5.97 Å². The van der Waals surface area contributed by atoms with Gasteiger partial charge in [-0.05, 0) is 0 Å². The number of methoxy groups -OCH3 is 1. The van der Waals surface area contributed by atoms with Gasteiger partial charge in [-0.1, -0.05) is 5.16 Å². The molecule has 0 spiro atoms. The number of carbonyl (C=O) groups excluding carboxylic acids is 1. The molecule has 1 heterocycles. The van der Waals surface area contributed by atoms with Crippen LogP contribution in [0.5, 0.6) is 0 Å². The lowest BCUT2D eigenvalue weighted by atomic mass is 10.4. The van der Waals surface area contributed by atoms with E-state index in [1.807, 2.05) is 0 Å². The first kappa shape index (κ1) is 8.13. The van der Waals surface area contributed by atoms with E-state index in [0.717, 1.165) is 0 Å². The van der Waals surface area contributed by atoms with Gasteiger partial charge in [-0.15, -0.1) is 0 Å². The molecule has 0 fully saturated rings. The lowest BCUT2D eigenvalue weighted by Crippen LogP contribution is -2.00. The number of rotatable bonds is 2. The zero-order chi connectivity index (χ0) is 8.27. The van der Waals surface area contributed by atoms with E-state index in [1.165, 1.54) is 13.2 Å². The molecule has 0 radical (unpaired) electrons. The van der Waals surface area contributed by atoms with E-state index >= 15 is 0 Å². The van der Waals surface area contributed by atoms with Gasteiger partial charge in [-0.3, -0.25) is 0 Å². The molecule has 11 heavy (non-hydrogen) atoms. The minimum absolute atomic E-state index is 0.177. The first-order valence-corrected chi connectivity index (χ1v) is 3.56. The molecule has 4 nitrogen and oxygen atoms in total. The molecule has 60 valence electrons. The molecule has 0 aromatic carbocycles. The highest BCUT2D eigenvalue weighted by Gasteiger charge is 2.10. The third-order valence-corrected chi connectivity index (χ3v) is 1.42. The van der Waals surface area contributed by atoms with E-state index in [1.54, 1.807) is 0 Å². The van der Waals surface area contributed by atoms with Crippen LogP contribution in [0, 0.1) is 0 Å². The highest BCUT2D eigenvalue weighted by molar-refractivity contribution is 7.79. The number of carbonyl (C=O) groups is 1. The van der Waals surface area contributed by atoms with Crippen LogP contribution in [0.25, 0.3) is 0 Å². The van der Waals surface area contributed by atoms with Crippen LogP contribution in [-0.2, 0) is 10.5 Å². The Kier molecular flexibility index (Phi) is 2.53. The number of ether oxygens (including phenoxy) is 1. The Balaban J connectivity index is 2.80. The van der Waals surface area contributed by atoms with Crippen molar-refractivity contribution in [2.45, 2.75) is 5.75 Å². The minimum atomic E-state index is -0.498. The van der Waals surface area contributed by atoms with Crippen molar-refractivity contribution in [1.82, 2.24) is 5.16 Å². The van der Waals surface area contributed by atoms with Crippen molar-refractivity contribution in [3.05, 3.63) is 17.5 Å². The molecule has 0 N–H and O–H groups in total. The maximum atomic E-state index is 10.8. The summed E-state index contributed by atoms with van der Waals surface area (Å²) in [5.74, 6) is 0.472. The van der Waals surface area contributed by atoms with E-state index in [4.69, 9.17) is 4.52 Å².